The Morgan fingerprint density at radius 2 is 2.00 bits per heavy atom. The maximum atomic E-state index is 13.2. The summed E-state index contributed by atoms with van der Waals surface area (Å²) >= 11 is 0. The molecule has 3 N–H and O–H groups in total. The van der Waals surface area contributed by atoms with Crippen molar-refractivity contribution in [2.45, 2.75) is 6.92 Å². The van der Waals surface area contributed by atoms with Gasteiger partial charge >= 0.3 is 0 Å². The lowest BCUT2D eigenvalue weighted by molar-refractivity contribution is 0.102. The molecule has 0 bridgehead atoms. The fourth-order valence-electron chi connectivity index (χ4n) is 1.85. The standard InChI is InChI=1S/C15H15FN2O2/c1-9-3-4-10(16)7-12(9)15(19)18-11-5-6-14(20-2)13(17)8-11/h3-8H,17H2,1-2H3,(H,18,19). The summed E-state index contributed by atoms with van der Waals surface area (Å²) in [7, 11) is 1.51. The Kier molecular flexibility index (Phi) is 3.89. The molecule has 0 saturated heterocycles. The van der Waals surface area contributed by atoms with Gasteiger partial charge in [0.05, 0.1) is 12.8 Å². The van der Waals surface area contributed by atoms with Crippen LogP contribution in [0.2, 0.25) is 0 Å². The minimum atomic E-state index is -0.449. The number of nitrogens with two attached hydrogens (primary N) is 1. The van der Waals surface area contributed by atoms with Gasteiger partial charge in [-0.15, -0.1) is 0 Å². The molecule has 0 aliphatic heterocycles. The smallest absolute Gasteiger partial charge is 0.256 e. The summed E-state index contributed by atoms with van der Waals surface area (Å²) < 4.78 is 18.2. The zero-order valence-electron chi connectivity index (χ0n) is 11.2. The highest BCUT2D eigenvalue weighted by atomic mass is 19.1. The normalized spacial score (nSPS) is 10.2. The van der Waals surface area contributed by atoms with Gasteiger partial charge in [0.25, 0.3) is 5.91 Å². The summed E-state index contributed by atoms with van der Waals surface area (Å²) in [4.78, 5) is 12.1. The predicted octanol–water partition coefficient (Wildman–Crippen LogP) is 2.98. The first-order valence-electron chi connectivity index (χ1n) is 6.02. The third-order valence-electron chi connectivity index (χ3n) is 2.93. The number of benzene rings is 2. The van der Waals surface area contributed by atoms with Crippen molar-refractivity contribution in [1.82, 2.24) is 0 Å². The Hall–Kier alpha value is -2.56. The molecule has 0 fully saturated rings. The van der Waals surface area contributed by atoms with Gasteiger partial charge in [0.2, 0.25) is 0 Å². The summed E-state index contributed by atoms with van der Waals surface area (Å²) in [5.74, 6) is -0.300. The summed E-state index contributed by atoms with van der Waals surface area (Å²) in [5, 5.41) is 2.68. The molecule has 20 heavy (non-hydrogen) atoms. The predicted molar refractivity (Wildman–Crippen MR) is 76.5 cm³/mol. The Morgan fingerprint density at radius 3 is 2.65 bits per heavy atom. The van der Waals surface area contributed by atoms with Crippen LogP contribution < -0.4 is 15.8 Å². The van der Waals surface area contributed by atoms with Crippen LogP contribution in [0.5, 0.6) is 5.75 Å². The summed E-state index contributed by atoms with van der Waals surface area (Å²) in [6, 6.07) is 9.00. The first-order valence-corrected chi connectivity index (χ1v) is 6.02. The van der Waals surface area contributed by atoms with Crippen molar-refractivity contribution in [3.8, 4) is 5.75 Å². The van der Waals surface area contributed by atoms with Gasteiger partial charge in [-0.1, -0.05) is 6.07 Å². The quantitative estimate of drug-likeness (QED) is 0.846. The van der Waals surface area contributed by atoms with E-state index >= 15 is 0 Å². The van der Waals surface area contributed by atoms with Crippen molar-refractivity contribution in [2.24, 2.45) is 0 Å². The van der Waals surface area contributed by atoms with Crippen LogP contribution in [0.4, 0.5) is 15.8 Å². The lowest BCUT2D eigenvalue weighted by atomic mass is 10.1. The largest absolute Gasteiger partial charge is 0.495 e. The van der Waals surface area contributed by atoms with E-state index in [9.17, 15) is 9.18 Å². The average molecular weight is 274 g/mol. The molecule has 0 saturated carbocycles. The number of amides is 1. The van der Waals surface area contributed by atoms with Crippen molar-refractivity contribution >= 4 is 17.3 Å². The molecule has 104 valence electrons. The molecule has 2 aromatic carbocycles. The first-order chi connectivity index (χ1) is 9.51. The molecule has 0 aromatic heterocycles. The van der Waals surface area contributed by atoms with E-state index in [1.165, 1.54) is 19.2 Å². The number of hydrogen-bond acceptors (Lipinski definition) is 3. The van der Waals surface area contributed by atoms with Crippen molar-refractivity contribution in [2.75, 3.05) is 18.2 Å². The zero-order valence-corrected chi connectivity index (χ0v) is 11.2. The number of nitrogen functional groups attached to an aromatic ring is 1. The van der Waals surface area contributed by atoms with Crippen molar-refractivity contribution in [3.05, 3.63) is 53.3 Å². The highest BCUT2D eigenvalue weighted by Gasteiger charge is 2.11. The number of carbonyl (C=O) groups is 1. The number of halogens is 1. The van der Waals surface area contributed by atoms with Gasteiger partial charge in [-0.05, 0) is 42.8 Å². The molecule has 1 amide bonds. The van der Waals surface area contributed by atoms with E-state index < -0.39 is 5.82 Å². The van der Waals surface area contributed by atoms with E-state index in [1.54, 1.807) is 31.2 Å². The maximum Gasteiger partial charge on any atom is 0.256 e. The van der Waals surface area contributed by atoms with Crippen LogP contribution in [-0.4, -0.2) is 13.0 Å². The van der Waals surface area contributed by atoms with E-state index in [-0.39, 0.29) is 5.91 Å². The number of aryl methyl sites for hydroxylation is 1. The minimum absolute atomic E-state index is 0.291. The first kappa shape index (κ1) is 13.9. The van der Waals surface area contributed by atoms with E-state index in [0.29, 0.717) is 28.3 Å². The summed E-state index contributed by atoms with van der Waals surface area (Å²) in [5.41, 5.74) is 7.70. The lowest BCUT2D eigenvalue weighted by Gasteiger charge is -2.10. The highest BCUT2D eigenvalue weighted by molar-refractivity contribution is 6.05. The molecule has 5 heteroatoms. The van der Waals surface area contributed by atoms with Gasteiger partial charge in [-0.25, -0.2) is 4.39 Å². The molecule has 2 aromatic rings. The van der Waals surface area contributed by atoms with Crippen molar-refractivity contribution in [1.29, 1.82) is 0 Å². The number of nitrogens with one attached hydrogen (secondary N) is 1. The Morgan fingerprint density at radius 1 is 1.25 bits per heavy atom. The molecule has 4 nitrogen and oxygen atoms in total. The number of rotatable bonds is 3. The van der Waals surface area contributed by atoms with Gasteiger partial charge in [-0.2, -0.15) is 0 Å². The molecule has 0 aliphatic rings. The second-order valence-electron chi connectivity index (χ2n) is 4.37. The van der Waals surface area contributed by atoms with Crippen molar-refractivity contribution < 1.29 is 13.9 Å². The molecule has 2 rings (SSSR count). The van der Waals surface area contributed by atoms with Crippen LogP contribution in [0.15, 0.2) is 36.4 Å². The molecular weight excluding hydrogens is 259 g/mol. The maximum absolute atomic E-state index is 13.2. The summed E-state index contributed by atoms with van der Waals surface area (Å²) in [6.45, 7) is 1.75. The van der Waals surface area contributed by atoms with Crippen LogP contribution in [0.3, 0.4) is 0 Å². The molecule has 0 atom stereocenters. The highest BCUT2D eigenvalue weighted by Crippen LogP contribution is 2.25. The Balaban J connectivity index is 2.23. The Bertz CT molecular complexity index is 656. The van der Waals surface area contributed by atoms with Crippen LogP contribution in [0.25, 0.3) is 0 Å². The third-order valence-corrected chi connectivity index (χ3v) is 2.93. The third kappa shape index (κ3) is 2.88. The van der Waals surface area contributed by atoms with E-state index in [2.05, 4.69) is 5.32 Å². The number of hydrogen-bond donors (Lipinski definition) is 2. The number of carbonyl (C=O) groups excluding carboxylic acids is 1. The fourth-order valence-corrected chi connectivity index (χ4v) is 1.85. The van der Waals surface area contributed by atoms with Gasteiger partial charge < -0.3 is 15.8 Å². The van der Waals surface area contributed by atoms with E-state index in [0.717, 1.165) is 0 Å². The van der Waals surface area contributed by atoms with Crippen LogP contribution in [0, 0.1) is 12.7 Å². The average Bonchev–Trinajstić information content (AvgIpc) is 2.41. The lowest BCUT2D eigenvalue weighted by Crippen LogP contribution is -2.14. The number of methoxy groups -OCH3 is 1. The second kappa shape index (κ2) is 5.61. The second-order valence-corrected chi connectivity index (χ2v) is 4.37. The summed E-state index contributed by atoms with van der Waals surface area (Å²) in [6.07, 6.45) is 0. The van der Waals surface area contributed by atoms with Crippen LogP contribution in [-0.2, 0) is 0 Å². The molecule has 0 heterocycles. The topological polar surface area (TPSA) is 64.3 Å². The van der Waals surface area contributed by atoms with E-state index in [1.807, 2.05) is 0 Å². The number of anilines is 2. The van der Waals surface area contributed by atoms with Gasteiger partial charge in [0.15, 0.2) is 0 Å². The van der Waals surface area contributed by atoms with Gasteiger partial charge in [0, 0.05) is 11.3 Å². The van der Waals surface area contributed by atoms with Gasteiger partial charge in [0.1, 0.15) is 11.6 Å². The monoisotopic (exact) mass is 274 g/mol. The minimum Gasteiger partial charge on any atom is -0.495 e. The molecule has 0 aliphatic carbocycles. The van der Waals surface area contributed by atoms with Crippen molar-refractivity contribution in [3.63, 3.8) is 0 Å². The molecule has 0 unspecified atom stereocenters. The van der Waals surface area contributed by atoms with Gasteiger partial charge in [-0.3, -0.25) is 4.79 Å². The van der Waals surface area contributed by atoms with Crippen LogP contribution in [0.1, 0.15) is 15.9 Å². The molecular formula is C15H15FN2O2. The van der Waals surface area contributed by atoms with Crippen LogP contribution >= 0.6 is 0 Å². The zero-order chi connectivity index (χ0) is 14.7. The molecule has 0 spiro atoms. The van der Waals surface area contributed by atoms with E-state index in [4.69, 9.17) is 10.5 Å². The number of ether oxygens (including phenoxy) is 1. The fraction of sp³-hybridized carbons (Fsp3) is 0.133. The Labute approximate surface area is 116 Å². The molecule has 0 radical (unpaired) electrons. The SMILES string of the molecule is COc1ccc(NC(=O)c2cc(F)ccc2C)cc1N.